The molecule has 0 heterocycles. The molecule has 0 aromatic heterocycles. The highest BCUT2D eigenvalue weighted by Gasteiger charge is 2.19. The van der Waals surface area contributed by atoms with Gasteiger partial charge in [0.05, 0.1) is 5.60 Å². The van der Waals surface area contributed by atoms with Crippen LogP contribution in [-0.4, -0.2) is 12.7 Å². The first-order chi connectivity index (χ1) is 4.66. The zero-order valence-corrected chi connectivity index (χ0v) is 6.26. The van der Waals surface area contributed by atoms with Crippen LogP contribution in [0.1, 0.15) is 13.3 Å². The van der Waals surface area contributed by atoms with Gasteiger partial charge in [-0.25, -0.2) is 0 Å². The second-order valence-corrected chi connectivity index (χ2v) is 2.66. The lowest BCUT2D eigenvalue weighted by molar-refractivity contribution is -0.296. The van der Waals surface area contributed by atoms with Crippen molar-refractivity contribution in [1.82, 2.24) is 0 Å². The van der Waals surface area contributed by atoms with Crippen LogP contribution in [0.15, 0.2) is 24.0 Å². The van der Waals surface area contributed by atoms with Crippen molar-refractivity contribution in [3.63, 3.8) is 0 Å². The Bertz CT molecular complexity index is 182. The normalized spacial score (nSPS) is 32.0. The first kappa shape index (κ1) is 7.35. The molecule has 0 N–H and O–H groups in total. The van der Waals surface area contributed by atoms with E-state index in [4.69, 9.17) is 4.74 Å². The van der Waals surface area contributed by atoms with Gasteiger partial charge in [0.2, 0.25) is 0 Å². The van der Waals surface area contributed by atoms with Crippen molar-refractivity contribution in [2.45, 2.75) is 18.9 Å². The van der Waals surface area contributed by atoms with Crippen LogP contribution in [0.3, 0.4) is 0 Å². The average molecular weight is 139 g/mol. The Hall–Kier alpha value is -0.760. The van der Waals surface area contributed by atoms with Gasteiger partial charge in [0.25, 0.3) is 0 Å². The van der Waals surface area contributed by atoms with E-state index in [1.165, 1.54) is 0 Å². The molecule has 1 aliphatic carbocycles. The van der Waals surface area contributed by atoms with Gasteiger partial charge in [-0.3, -0.25) is 0 Å². The first-order valence-corrected chi connectivity index (χ1v) is 3.28. The molecule has 0 aliphatic heterocycles. The fourth-order valence-electron chi connectivity index (χ4n) is 0.849. The maximum absolute atomic E-state index is 10.7. The molecule has 2 heteroatoms. The number of hydrogen-bond donors (Lipinski definition) is 0. The topological polar surface area (TPSA) is 32.3 Å². The number of rotatable bonds is 1. The number of ether oxygens (including phenoxy) is 1. The quantitative estimate of drug-likeness (QED) is 0.532. The third-order valence-corrected chi connectivity index (χ3v) is 1.78. The lowest BCUT2D eigenvalue weighted by atomic mass is 9.97. The van der Waals surface area contributed by atoms with Crippen molar-refractivity contribution in [1.29, 1.82) is 0 Å². The molecule has 0 saturated heterocycles. The monoisotopic (exact) mass is 139 g/mol. The Balaban J connectivity index is 2.67. The van der Waals surface area contributed by atoms with Crippen LogP contribution in [0, 0.1) is 0 Å². The van der Waals surface area contributed by atoms with E-state index in [2.05, 4.69) is 0 Å². The van der Waals surface area contributed by atoms with Gasteiger partial charge in [0.1, 0.15) is 0 Å². The molecule has 2 nitrogen and oxygen atoms in total. The molecule has 1 unspecified atom stereocenters. The molecule has 0 bridgehead atoms. The summed E-state index contributed by atoms with van der Waals surface area (Å²) in [6.07, 6.45) is 5.67. The maximum Gasteiger partial charge on any atom is 0.0867 e. The van der Waals surface area contributed by atoms with Gasteiger partial charge in [0, 0.05) is 7.11 Å². The van der Waals surface area contributed by atoms with E-state index in [1.54, 1.807) is 25.3 Å². The molecule has 1 aliphatic rings. The van der Waals surface area contributed by atoms with Gasteiger partial charge in [-0.2, -0.15) is 0 Å². The van der Waals surface area contributed by atoms with Gasteiger partial charge < -0.3 is 9.84 Å². The summed E-state index contributed by atoms with van der Waals surface area (Å²) in [4.78, 5) is 0. The van der Waals surface area contributed by atoms with Crippen LogP contribution in [-0.2, 0) is 4.74 Å². The van der Waals surface area contributed by atoms with E-state index < -0.39 is 0 Å². The minimum absolute atomic E-state index is 0.0783. The highest BCUT2D eigenvalue weighted by Crippen LogP contribution is 2.21. The van der Waals surface area contributed by atoms with Gasteiger partial charge in [-0.15, -0.1) is 5.76 Å². The summed E-state index contributed by atoms with van der Waals surface area (Å²) < 4.78 is 5.16. The molecule has 1 rings (SSSR count). The number of methoxy groups -OCH3 is 1. The summed E-state index contributed by atoms with van der Waals surface area (Å²) in [5, 5.41) is 10.7. The summed E-state index contributed by atoms with van der Waals surface area (Å²) in [5.41, 5.74) is -0.256. The van der Waals surface area contributed by atoms with Crippen LogP contribution in [0.5, 0.6) is 0 Å². The lowest BCUT2D eigenvalue weighted by Gasteiger charge is -2.27. The van der Waals surface area contributed by atoms with Crippen molar-refractivity contribution in [2.75, 3.05) is 7.11 Å². The van der Waals surface area contributed by atoms with E-state index >= 15 is 0 Å². The van der Waals surface area contributed by atoms with E-state index in [0.717, 1.165) is 0 Å². The molecule has 56 valence electrons. The summed E-state index contributed by atoms with van der Waals surface area (Å²) in [5.74, 6) is 0.0783. The molecule has 0 spiro atoms. The lowest BCUT2D eigenvalue weighted by Crippen LogP contribution is -2.26. The molecule has 0 saturated carbocycles. The van der Waals surface area contributed by atoms with Crippen LogP contribution in [0.4, 0.5) is 0 Å². The van der Waals surface area contributed by atoms with Crippen molar-refractivity contribution < 1.29 is 9.84 Å². The van der Waals surface area contributed by atoms with Gasteiger partial charge in [0.15, 0.2) is 0 Å². The Morgan fingerprint density at radius 2 is 2.40 bits per heavy atom. The molecule has 1 atom stereocenters. The summed E-state index contributed by atoms with van der Waals surface area (Å²) in [6.45, 7) is 1.95. The van der Waals surface area contributed by atoms with Crippen molar-refractivity contribution in [3.8, 4) is 0 Å². The predicted molar refractivity (Wildman–Crippen MR) is 37.3 cm³/mol. The standard InChI is InChI=1S/C8H12O2/c1-8(10-2)5-3-7(9)4-6-8/h3-5,9H,6H2,1-2H3/p-1. The van der Waals surface area contributed by atoms with Gasteiger partial charge >= 0.3 is 0 Å². The summed E-state index contributed by atoms with van der Waals surface area (Å²) >= 11 is 0. The molecule has 10 heavy (non-hydrogen) atoms. The third-order valence-electron chi connectivity index (χ3n) is 1.78. The van der Waals surface area contributed by atoms with E-state index in [0.29, 0.717) is 6.42 Å². The number of hydrogen-bond acceptors (Lipinski definition) is 2. The zero-order chi connectivity index (χ0) is 7.61. The molecule has 0 aromatic rings. The summed E-state index contributed by atoms with van der Waals surface area (Å²) in [6, 6.07) is 0. The van der Waals surface area contributed by atoms with Gasteiger partial charge in [-0.1, -0.05) is 18.2 Å². The van der Waals surface area contributed by atoms with Crippen LogP contribution in [0.25, 0.3) is 0 Å². The van der Waals surface area contributed by atoms with Crippen molar-refractivity contribution >= 4 is 0 Å². The van der Waals surface area contributed by atoms with E-state index in [9.17, 15) is 5.11 Å². The average Bonchev–Trinajstić information content (AvgIpc) is 1.96. The molecule has 0 aromatic carbocycles. The largest absolute Gasteiger partial charge is 0.873 e. The molecular formula is C8H11O2-. The van der Waals surface area contributed by atoms with Crippen molar-refractivity contribution in [2.24, 2.45) is 0 Å². The highest BCUT2D eigenvalue weighted by atomic mass is 16.5. The second-order valence-electron chi connectivity index (χ2n) is 2.66. The van der Waals surface area contributed by atoms with Crippen LogP contribution in [0.2, 0.25) is 0 Å². The molecular weight excluding hydrogens is 128 g/mol. The van der Waals surface area contributed by atoms with Crippen LogP contribution < -0.4 is 5.11 Å². The predicted octanol–water partition coefficient (Wildman–Crippen LogP) is 0.596. The zero-order valence-electron chi connectivity index (χ0n) is 6.26. The van der Waals surface area contributed by atoms with E-state index in [1.807, 2.05) is 6.92 Å². The Labute approximate surface area is 60.8 Å². The maximum atomic E-state index is 10.7. The third kappa shape index (κ3) is 1.39. The Morgan fingerprint density at radius 3 is 2.80 bits per heavy atom. The fraction of sp³-hybridized carbons (Fsp3) is 0.500. The second kappa shape index (κ2) is 2.46. The molecule has 0 fully saturated rings. The minimum Gasteiger partial charge on any atom is -0.873 e. The smallest absolute Gasteiger partial charge is 0.0867 e. The molecule has 0 radical (unpaired) electrons. The summed E-state index contributed by atoms with van der Waals surface area (Å²) in [7, 11) is 1.65. The fourth-order valence-corrected chi connectivity index (χ4v) is 0.849. The highest BCUT2D eigenvalue weighted by molar-refractivity contribution is 5.20. The Morgan fingerprint density at radius 1 is 1.70 bits per heavy atom. The number of allylic oxidation sites excluding steroid dienone is 1. The first-order valence-electron chi connectivity index (χ1n) is 3.28. The molecule has 0 amide bonds. The minimum atomic E-state index is -0.256. The Kier molecular flexibility index (Phi) is 1.81. The van der Waals surface area contributed by atoms with Gasteiger partial charge in [-0.05, 0) is 13.3 Å². The van der Waals surface area contributed by atoms with Crippen molar-refractivity contribution in [3.05, 3.63) is 24.0 Å². The SMILES string of the molecule is COC1(C)C=CC([O-])=CC1. The van der Waals surface area contributed by atoms with Crippen LogP contribution >= 0.6 is 0 Å². The van der Waals surface area contributed by atoms with E-state index in [-0.39, 0.29) is 11.4 Å².